The highest BCUT2D eigenvalue weighted by Crippen LogP contribution is 2.25. The molecule has 0 aliphatic rings. The number of hydrogen-bond donors (Lipinski definition) is 2. The van der Waals surface area contributed by atoms with Gasteiger partial charge in [-0.25, -0.2) is 0 Å². The number of aromatic nitrogens is 1. The van der Waals surface area contributed by atoms with Crippen LogP contribution in [0.5, 0.6) is 0 Å². The lowest BCUT2D eigenvalue weighted by Gasteiger charge is -2.04. The van der Waals surface area contributed by atoms with Crippen LogP contribution in [-0.2, 0) is 0 Å². The van der Waals surface area contributed by atoms with Crippen LogP contribution in [0.15, 0.2) is 18.2 Å². The summed E-state index contributed by atoms with van der Waals surface area (Å²) in [6, 6.07) is 4.93. The quantitative estimate of drug-likeness (QED) is 0.644. The Kier molecular flexibility index (Phi) is 3.18. The Balaban J connectivity index is 2.51. The molecule has 18 heavy (non-hydrogen) atoms. The van der Waals surface area contributed by atoms with Gasteiger partial charge < -0.3 is 10.7 Å². The Morgan fingerprint density at radius 1 is 1.22 bits per heavy atom. The van der Waals surface area contributed by atoms with Crippen LogP contribution in [0.3, 0.4) is 0 Å². The van der Waals surface area contributed by atoms with Crippen molar-refractivity contribution in [3.05, 3.63) is 51.3 Å². The third-order valence-corrected chi connectivity index (χ3v) is 3.59. The molecule has 0 unspecified atom stereocenters. The lowest BCUT2D eigenvalue weighted by molar-refractivity contribution is 0.103. The number of ketones is 1. The van der Waals surface area contributed by atoms with Gasteiger partial charge >= 0.3 is 0 Å². The van der Waals surface area contributed by atoms with Gasteiger partial charge in [-0.05, 0) is 50.1 Å². The van der Waals surface area contributed by atoms with Gasteiger partial charge in [0, 0.05) is 16.9 Å². The van der Waals surface area contributed by atoms with Crippen molar-refractivity contribution >= 4 is 23.1 Å². The molecule has 2 aromatic rings. The summed E-state index contributed by atoms with van der Waals surface area (Å²) >= 11 is 6.06. The largest absolute Gasteiger partial charge is 0.399 e. The maximum Gasteiger partial charge on any atom is 0.210 e. The fraction of sp³-hybridized carbons (Fsp3) is 0.214. The van der Waals surface area contributed by atoms with E-state index in [0.29, 0.717) is 22.0 Å². The second kappa shape index (κ2) is 4.50. The number of halogens is 1. The topological polar surface area (TPSA) is 58.9 Å². The molecule has 94 valence electrons. The first-order chi connectivity index (χ1) is 8.41. The molecule has 0 aliphatic heterocycles. The van der Waals surface area contributed by atoms with Gasteiger partial charge in [0.2, 0.25) is 5.78 Å². The maximum atomic E-state index is 12.4. The van der Waals surface area contributed by atoms with Crippen molar-refractivity contribution in [3.63, 3.8) is 0 Å². The minimum atomic E-state index is -0.103. The van der Waals surface area contributed by atoms with Gasteiger partial charge in [0.15, 0.2) is 0 Å². The summed E-state index contributed by atoms with van der Waals surface area (Å²) in [6.45, 7) is 5.86. The van der Waals surface area contributed by atoms with E-state index in [4.69, 9.17) is 17.3 Å². The monoisotopic (exact) mass is 262 g/mol. The van der Waals surface area contributed by atoms with E-state index in [-0.39, 0.29) is 5.78 Å². The Morgan fingerprint density at radius 3 is 2.39 bits per heavy atom. The Morgan fingerprint density at radius 2 is 1.89 bits per heavy atom. The van der Waals surface area contributed by atoms with Crippen LogP contribution in [0.1, 0.15) is 32.9 Å². The third kappa shape index (κ3) is 2.02. The molecule has 3 N–H and O–H groups in total. The van der Waals surface area contributed by atoms with E-state index in [9.17, 15) is 4.79 Å². The van der Waals surface area contributed by atoms with Crippen LogP contribution in [0.4, 0.5) is 5.69 Å². The first-order valence-electron chi connectivity index (χ1n) is 5.67. The van der Waals surface area contributed by atoms with Gasteiger partial charge in [-0.3, -0.25) is 4.79 Å². The number of nitrogen functional groups attached to an aromatic ring is 1. The van der Waals surface area contributed by atoms with E-state index < -0.39 is 0 Å². The highest BCUT2D eigenvalue weighted by atomic mass is 35.5. The summed E-state index contributed by atoms with van der Waals surface area (Å²) in [5.74, 6) is -0.103. The van der Waals surface area contributed by atoms with E-state index in [2.05, 4.69) is 4.98 Å². The number of hydrogen-bond acceptors (Lipinski definition) is 2. The van der Waals surface area contributed by atoms with Crippen LogP contribution in [0.2, 0.25) is 5.02 Å². The van der Waals surface area contributed by atoms with Crippen molar-refractivity contribution in [1.82, 2.24) is 4.98 Å². The summed E-state index contributed by atoms with van der Waals surface area (Å²) in [6.07, 6.45) is 0. The first-order valence-corrected chi connectivity index (χ1v) is 6.05. The molecule has 3 nitrogen and oxygen atoms in total. The standard InChI is InChI=1S/C14H15ClN2O/c1-7-8(2)13(17-9(7)3)14(18)11-5-4-10(16)6-12(11)15/h4-6,17H,16H2,1-3H3. The fourth-order valence-corrected chi connectivity index (χ4v) is 2.20. The predicted octanol–water partition coefficient (Wildman–Crippen LogP) is 3.41. The number of anilines is 1. The van der Waals surface area contributed by atoms with Crippen LogP contribution >= 0.6 is 11.6 Å². The van der Waals surface area contributed by atoms with E-state index in [1.54, 1.807) is 18.2 Å². The molecule has 1 aromatic heterocycles. The average Bonchev–Trinajstić information content (AvgIpc) is 2.56. The minimum absolute atomic E-state index is 0.103. The highest BCUT2D eigenvalue weighted by Gasteiger charge is 2.18. The zero-order valence-electron chi connectivity index (χ0n) is 10.6. The smallest absolute Gasteiger partial charge is 0.210 e. The molecule has 0 amide bonds. The third-order valence-electron chi connectivity index (χ3n) is 3.28. The number of H-pyrrole nitrogens is 1. The molecule has 0 aliphatic carbocycles. The van der Waals surface area contributed by atoms with Crippen LogP contribution in [-0.4, -0.2) is 10.8 Å². The molecule has 0 atom stereocenters. The van der Waals surface area contributed by atoms with Crippen molar-refractivity contribution < 1.29 is 4.79 Å². The predicted molar refractivity (Wildman–Crippen MR) is 74.3 cm³/mol. The molecule has 2 rings (SSSR count). The number of nitrogens with one attached hydrogen (secondary N) is 1. The summed E-state index contributed by atoms with van der Waals surface area (Å²) in [4.78, 5) is 15.5. The van der Waals surface area contributed by atoms with E-state index >= 15 is 0 Å². The summed E-state index contributed by atoms with van der Waals surface area (Å²) < 4.78 is 0. The van der Waals surface area contributed by atoms with Crippen molar-refractivity contribution in [1.29, 1.82) is 0 Å². The number of carbonyl (C=O) groups is 1. The van der Waals surface area contributed by atoms with Crippen molar-refractivity contribution in [2.75, 3.05) is 5.73 Å². The lowest BCUT2D eigenvalue weighted by Crippen LogP contribution is -2.05. The molecule has 0 fully saturated rings. The van der Waals surface area contributed by atoms with Gasteiger partial charge in [0.05, 0.1) is 10.7 Å². The van der Waals surface area contributed by atoms with E-state index in [1.165, 1.54) is 0 Å². The molecule has 1 aromatic carbocycles. The molecule has 4 heteroatoms. The van der Waals surface area contributed by atoms with E-state index in [0.717, 1.165) is 16.8 Å². The average molecular weight is 263 g/mol. The van der Waals surface area contributed by atoms with Crippen LogP contribution < -0.4 is 5.73 Å². The molecular formula is C14H15ClN2O. The summed E-state index contributed by atoms with van der Waals surface area (Å²) in [5, 5.41) is 0.379. The fourth-order valence-electron chi connectivity index (χ4n) is 1.92. The van der Waals surface area contributed by atoms with Gasteiger partial charge in [-0.15, -0.1) is 0 Å². The number of aryl methyl sites for hydroxylation is 1. The zero-order valence-corrected chi connectivity index (χ0v) is 11.4. The van der Waals surface area contributed by atoms with Gasteiger partial charge in [0.25, 0.3) is 0 Å². The van der Waals surface area contributed by atoms with E-state index in [1.807, 2.05) is 20.8 Å². The SMILES string of the molecule is Cc1[nH]c(C(=O)c2ccc(N)cc2Cl)c(C)c1C. The van der Waals surface area contributed by atoms with Crippen molar-refractivity contribution in [3.8, 4) is 0 Å². The Labute approximate surface area is 111 Å². The molecule has 0 bridgehead atoms. The second-order valence-electron chi connectivity index (χ2n) is 4.44. The van der Waals surface area contributed by atoms with Crippen molar-refractivity contribution in [2.24, 2.45) is 0 Å². The zero-order chi connectivity index (χ0) is 13.4. The van der Waals surface area contributed by atoms with Gasteiger partial charge in [-0.2, -0.15) is 0 Å². The van der Waals surface area contributed by atoms with Crippen LogP contribution in [0, 0.1) is 20.8 Å². The van der Waals surface area contributed by atoms with Crippen LogP contribution in [0.25, 0.3) is 0 Å². The number of rotatable bonds is 2. The molecule has 0 saturated carbocycles. The van der Waals surface area contributed by atoms with Gasteiger partial charge in [-0.1, -0.05) is 11.6 Å². The minimum Gasteiger partial charge on any atom is -0.399 e. The first kappa shape index (κ1) is 12.7. The number of nitrogens with two attached hydrogens (primary N) is 1. The lowest BCUT2D eigenvalue weighted by atomic mass is 10.0. The molecular weight excluding hydrogens is 248 g/mol. The maximum absolute atomic E-state index is 12.4. The number of benzene rings is 1. The number of aromatic amines is 1. The number of carbonyl (C=O) groups excluding carboxylic acids is 1. The summed E-state index contributed by atoms with van der Waals surface area (Å²) in [7, 11) is 0. The molecule has 0 saturated heterocycles. The molecule has 1 heterocycles. The van der Waals surface area contributed by atoms with Gasteiger partial charge in [0.1, 0.15) is 0 Å². The summed E-state index contributed by atoms with van der Waals surface area (Å²) in [5.41, 5.74) is 10.3. The molecule has 0 radical (unpaired) electrons. The second-order valence-corrected chi connectivity index (χ2v) is 4.85. The molecule has 0 spiro atoms. The highest BCUT2D eigenvalue weighted by molar-refractivity contribution is 6.35. The Hall–Kier alpha value is -1.74. The Bertz CT molecular complexity index is 629. The normalized spacial score (nSPS) is 10.7. The van der Waals surface area contributed by atoms with Crippen molar-refractivity contribution in [2.45, 2.75) is 20.8 Å².